The predicted octanol–water partition coefficient (Wildman–Crippen LogP) is 9.90. The lowest BCUT2D eigenvalue weighted by Gasteiger charge is -2.18. The predicted molar refractivity (Wildman–Crippen MR) is 211 cm³/mol. The number of hydrogen-bond acceptors (Lipinski definition) is 5. The highest BCUT2D eigenvalue weighted by molar-refractivity contribution is 8.00. The fourth-order valence-corrected chi connectivity index (χ4v) is 6.60. The quantitative estimate of drug-likeness (QED) is 0.0863. The van der Waals surface area contributed by atoms with Crippen molar-refractivity contribution in [2.24, 2.45) is 0 Å². The molecule has 1 unspecified atom stereocenters. The molecule has 0 aliphatic heterocycles. The van der Waals surface area contributed by atoms with E-state index in [1.165, 1.54) is 18.9 Å². The van der Waals surface area contributed by atoms with Gasteiger partial charge in [0.1, 0.15) is 16.7 Å². The molecule has 0 heterocycles. The Kier molecular flexibility index (Phi) is 11.8. The third kappa shape index (κ3) is 9.37. The highest BCUT2D eigenvalue weighted by Crippen LogP contribution is 2.37. The molecule has 0 saturated heterocycles. The monoisotopic (exact) mass is 723 g/mol. The van der Waals surface area contributed by atoms with Gasteiger partial charge in [-0.3, -0.25) is 14.4 Å². The molecule has 6 rings (SSSR count). The molecule has 6 aromatic rings. The first-order valence-electron chi connectivity index (χ1n) is 16.4. The van der Waals surface area contributed by atoms with Gasteiger partial charge in [-0.05, 0) is 82.9 Å². The Morgan fingerprint density at radius 2 is 1.27 bits per heavy atom. The standard InChI is InChI=1S/C43H34ClN3O4S/c1-51-39-26-23-35(28-37(39)44)46-43(50)40(32-13-7-3-8-14-32)52-36-24-21-34(22-25-36)45-42(49)38(47-41(48)33-15-9-4-10-16-33)27-29-17-19-31(20-18-29)30-11-5-2-6-12-30/h2-28,40H,1H3,(H,45,49)(H,46,50)(H,47,48)/b38-27-. The number of anilines is 2. The van der Waals surface area contributed by atoms with Gasteiger partial charge in [-0.25, -0.2) is 0 Å². The van der Waals surface area contributed by atoms with Gasteiger partial charge in [0, 0.05) is 21.8 Å². The number of amides is 3. The zero-order valence-electron chi connectivity index (χ0n) is 28.1. The average Bonchev–Trinajstić information content (AvgIpc) is 3.18. The molecule has 52 heavy (non-hydrogen) atoms. The van der Waals surface area contributed by atoms with E-state index in [0.29, 0.717) is 27.7 Å². The highest BCUT2D eigenvalue weighted by atomic mass is 35.5. The van der Waals surface area contributed by atoms with Gasteiger partial charge in [-0.2, -0.15) is 0 Å². The summed E-state index contributed by atoms with van der Waals surface area (Å²) in [5.74, 6) is -0.608. The topological polar surface area (TPSA) is 96.5 Å². The number of carbonyl (C=O) groups is 3. The van der Waals surface area contributed by atoms with E-state index in [1.54, 1.807) is 60.7 Å². The summed E-state index contributed by atoms with van der Waals surface area (Å²) in [5, 5.41) is 8.47. The van der Waals surface area contributed by atoms with E-state index in [1.807, 2.05) is 103 Å². The van der Waals surface area contributed by atoms with Gasteiger partial charge < -0.3 is 20.7 Å². The lowest BCUT2D eigenvalue weighted by Crippen LogP contribution is -2.30. The van der Waals surface area contributed by atoms with Crippen LogP contribution in [0.4, 0.5) is 11.4 Å². The van der Waals surface area contributed by atoms with Crippen LogP contribution in [0.15, 0.2) is 168 Å². The first-order valence-corrected chi connectivity index (χ1v) is 17.6. The number of methoxy groups -OCH3 is 1. The van der Waals surface area contributed by atoms with E-state index in [2.05, 4.69) is 16.0 Å². The number of nitrogens with one attached hydrogen (secondary N) is 3. The maximum Gasteiger partial charge on any atom is 0.272 e. The Hall–Kier alpha value is -6.09. The summed E-state index contributed by atoms with van der Waals surface area (Å²) in [7, 11) is 1.53. The third-order valence-electron chi connectivity index (χ3n) is 7.98. The van der Waals surface area contributed by atoms with Crippen molar-refractivity contribution in [3.05, 3.63) is 185 Å². The van der Waals surface area contributed by atoms with Gasteiger partial charge >= 0.3 is 0 Å². The molecule has 3 amide bonds. The van der Waals surface area contributed by atoms with Gasteiger partial charge in [0.2, 0.25) is 5.91 Å². The van der Waals surface area contributed by atoms with Crippen LogP contribution in [0.1, 0.15) is 26.7 Å². The van der Waals surface area contributed by atoms with Gasteiger partial charge in [0.25, 0.3) is 11.8 Å². The second-order valence-electron chi connectivity index (χ2n) is 11.6. The maximum absolute atomic E-state index is 13.7. The molecule has 0 spiro atoms. The van der Waals surface area contributed by atoms with E-state index in [9.17, 15) is 14.4 Å². The van der Waals surface area contributed by atoms with Crippen LogP contribution in [0.5, 0.6) is 5.75 Å². The van der Waals surface area contributed by atoms with Crippen molar-refractivity contribution in [3.8, 4) is 16.9 Å². The van der Waals surface area contributed by atoms with E-state index in [4.69, 9.17) is 16.3 Å². The molecule has 0 bridgehead atoms. The zero-order chi connectivity index (χ0) is 36.3. The molecule has 3 N–H and O–H groups in total. The average molecular weight is 724 g/mol. The molecule has 0 aromatic heterocycles. The van der Waals surface area contributed by atoms with Crippen LogP contribution in [0.25, 0.3) is 17.2 Å². The van der Waals surface area contributed by atoms with Crippen molar-refractivity contribution in [1.82, 2.24) is 5.32 Å². The Labute approximate surface area is 311 Å². The molecular formula is C43H34ClN3O4S. The van der Waals surface area contributed by atoms with Crippen molar-refractivity contribution in [1.29, 1.82) is 0 Å². The van der Waals surface area contributed by atoms with Gasteiger partial charge in [-0.1, -0.05) is 115 Å². The minimum atomic E-state index is -0.585. The SMILES string of the molecule is COc1ccc(NC(=O)C(Sc2ccc(NC(=O)/C(=C/c3ccc(-c4ccccc4)cc3)NC(=O)c3ccccc3)cc2)c2ccccc2)cc1Cl. The molecule has 7 nitrogen and oxygen atoms in total. The molecule has 9 heteroatoms. The fraction of sp³-hybridized carbons (Fsp3) is 0.0465. The smallest absolute Gasteiger partial charge is 0.272 e. The molecule has 0 aliphatic carbocycles. The minimum Gasteiger partial charge on any atom is -0.495 e. The maximum atomic E-state index is 13.7. The second-order valence-corrected chi connectivity index (χ2v) is 13.2. The lowest BCUT2D eigenvalue weighted by molar-refractivity contribution is -0.116. The Bertz CT molecular complexity index is 2180. The van der Waals surface area contributed by atoms with Crippen molar-refractivity contribution in [2.45, 2.75) is 10.1 Å². The summed E-state index contributed by atoms with van der Waals surface area (Å²) in [5.41, 5.74) is 5.25. The van der Waals surface area contributed by atoms with E-state index in [-0.39, 0.29) is 11.6 Å². The molecule has 258 valence electrons. The van der Waals surface area contributed by atoms with Crippen LogP contribution in [0.3, 0.4) is 0 Å². The first-order chi connectivity index (χ1) is 25.4. The van der Waals surface area contributed by atoms with Crippen LogP contribution >= 0.6 is 23.4 Å². The molecular weight excluding hydrogens is 690 g/mol. The van der Waals surface area contributed by atoms with E-state index < -0.39 is 17.1 Å². The van der Waals surface area contributed by atoms with Crippen molar-refractivity contribution >= 4 is 58.5 Å². The summed E-state index contributed by atoms with van der Waals surface area (Å²) >= 11 is 7.67. The van der Waals surface area contributed by atoms with Crippen LogP contribution in [0, 0.1) is 0 Å². The lowest BCUT2D eigenvalue weighted by atomic mass is 10.0. The number of benzene rings is 6. The summed E-state index contributed by atoms with van der Waals surface area (Å²) < 4.78 is 5.23. The Balaban J connectivity index is 1.19. The first kappa shape index (κ1) is 35.7. The molecule has 0 radical (unpaired) electrons. The highest BCUT2D eigenvalue weighted by Gasteiger charge is 2.23. The van der Waals surface area contributed by atoms with Crippen LogP contribution in [0.2, 0.25) is 5.02 Å². The number of thioether (sulfide) groups is 1. The van der Waals surface area contributed by atoms with Crippen molar-refractivity contribution < 1.29 is 19.1 Å². The van der Waals surface area contributed by atoms with Gasteiger partial charge in [-0.15, -0.1) is 11.8 Å². The fourth-order valence-electron chi connectivity index (χ4n) is 5.32. The number of carbonyl (C=O) groups excluding carboxylic acids is 3. The van der Waals surface area contributed by atoms with Crippen molar-refractivity contribution in [3.63, 3.8) is 0 Å². The second kappa shape index (κ2) is 17.2. The summed E-state index contributed by atoms with van der Waals surface area (Å²) in [6.07, 6.45) is 1.65. The summed E-state index contributed by atoms with van der Waals surface area (Å²) in [4.78, 5) is 41.2. The number of ether oxygens (including phenoxy) is 1. The molecule has 0 fully saturated rings. The minimum absolute atomic E-state index is 0.0826. The summed E-state index contributed by atoms with van der Waals surface area (Å²) in [6.45, 7) is 0. The number of rotatable bonds is 12. The zero-order valence-corrected chi connectivity index (χ0v) is 29.7. The molecule has 0 saturated carbocycles. The Morgan fingerprint density at radius 1 is 0.673 bits per heavy atom. The molecule has 0 aliphatic rings. The number of halogens is 1. The number of hydrogen-bond donors (Lipinski definition) is 3. The Morgan fingerprint density at radius 3 is 1.90 bits per heavy atom. The van der Waals surface area contributed by atoms with Crippen LogP contribution in [-0.4, -0.2) is 24.8 Å². The van der Waals surface area contributed by atoms with Gasteiger partial charge in [0.15, 0.2) is 0 Å². The summed E-state index contributed by atoms with van der Waals surface area (Å²) in [6, 6.07) is 48.2. The van der Waals surface area contributed by atoms with Gasteiger partial charge in [0.05, 0.1) is 12.1 Å². The molecule has 1 atom stereocenters. The van der Waals surface area contributed by atoms with Crippen LogP contribution < -0.4 is 20.7 Å². The third-order valence-corrected chi connectivity index (χ3v) is 9.55. The van der Waals surface area contributed by atoms with Crippen LogP contribution in [-0.2, 0) is 9.59 Å². The largest absolute Gasteiger partial charge is 0.495 e. The van der Waals surface area contributed by atoms with E-state index in [0.717, 1.165) is 27.1 Å². The van der Waals surface area contributed by atoms with E-state index >= 15 is 0 Å². The van der Waals surface area contributed by atoms with Crippen molar-refractivity contribution in [2.75, 3.05) is 17.7 Å². The normalized spacial score (nSPS) is 11.6. The molecule has 6 aromatic carbocycles.